The lowest BCUT2D eigenvalue weighted by atomic mass is 10.1. The van der Waals surface area contributed by atoms with E-state index in [4.69, 9.17) is 19.9 Å². The highest BCUT2D eigenvalue weighted by Gasteiger charge is 2.18. The number of nitrogens with zero attached hydrogens (tertiary/aromatic N) is 1. The summed E-state index contributed by atoms with van der Waals surface area (Å²) in [4.78, 5) is 14.3. The molecule has 2 rings (SSSR count). The fraction of sp³-hybridized carbons (Fsp3) is 0.588. The molecule has 1 fully saturated rings. The molecule has 0 spiro atoms. The number of amides is 1. The minimum Gasteiger partial charge on any atom is -0.493 e. The molecule has 0 saturated carbocycles. The van der Waals surface area contributed by atoms with Crippen LogP contribution in [0.3, 0.4) is 0 Å². The fourth-order valence-electron chi connectivity index (χ4n) is 2.81. The number of benzene rings is 1. The Kier molecular flexibility index (Phi) is 6.69. The molecule has 0 unspecified atom stereocenters. The Hall–Kier alpha value is -1.99. The first-order valence-corrected chi connectivity index (χ1v) is 8.11. The summed E-state index contributed by atoms with van der Waals surface area (Å²) >= 11 is 0. The molecule has 1 amide bonds. The third kappa shape index (κ3) is 4.75. The highest BCUT2D eigenvalue weighted by molar-refractivity contribution is 5.78. The lowest BCUT2D eigenvalue weighted by Gasteiger charge is -2.29. The first-order valence-electron chi connectivity index (χ1n) is 8.11. The van der Waals surface area contributed by atoms with Crippen molar-refractivity contribution >= 4 is 5.91 Å². The topological polar surface area (TPSA) is 86.1 Å². The van der Waals surface area contributed by atoms with Gasteiger partial charge in [-0.2, -0.15) is 0 Å². The fourth-order valence-corrected chi connectivity index (χ4v) is 2.81. The van der Waals surface area contributed by atoms with Crippen LogP contribution in [0.15, 0.2) is 12.1 Å². The van der Waals surface area contributed by atoms with Gasteiger partial charge in [-0.15, -0.1) is 0 Å². The third-order valence-electron chi connectivity index (χ3n) is 4.21. The number of rotatable bonds is 7. The molecule has 1 aromatic carbocycles. The van der Waals surface area contributed by atoms with Gasteiger partial charge in [0.05, 0.1) is 27.9 Å². The molecule has 7 nitrogen and oxygen atoms in total. The van der Waals surface area contributed by atoms with Crippen LogP contribution in [-0.2, 0) is 11.3 Å². The monoisotopic (exact) mass is 337 g/mol. The van der Waals surface area contributed by atoms with E-state index in [1.807, 2.05) is 12.1 Å². The van der Waals surface area contributed by atoms with E-state index < -0.39 is 0 Å². The minimum absolute atomic E-state index is 0.000719. The van der Waals surface area contributed by atoms with Gasteiger partial charge in [0.2, 0.25) is 11.7 Å². The predicted octanol–water partition coefficient (Wildman–Crippen LogP) is 0.752. The summed E-state index contributed by atoms with van der Waals surface area (Å²) in [5, 5.41) is 2.93. The van der Waals surface area contributed by atoms with Gasteiger partial charge in [0, 0.05) is 25.7 Å². The van der Waals surface area contributed by atoms with Gasteiger partial charge >= 0.3 is 0 Å². The molecule has 1 aliphatic rings. The van der Waals surface area contributed by atoms with Crippen molar-refractivity contribution < 1.29 is 19.0 Å². The van der Waals surface area contributed by atoms with Crippen LogP contribution >= 0.6 is 0 Å². The second-order valence-electron chi connectivity index (χ2n) is 5.92. The molecule has 0 aromatic heterocycles. The van der Waals surface area contributed by atoms with E-state index in [1.165, 1.54) is 0 Å². The number of hydrogen-bond donors (Lipinski definition) is 2. The molecule has 3 N–H and O–H groups in total. The molecule has 134 valence electrons. The Bertz CT molecular complexity index is 532. The summed E-state index contributed by atoms with van der Waals surface area (Å²) in [5.41, 5.74) is 6.77. The van der Waals surface area contributed by atoms with E-state index in [1.54, 1.807) is 21.3 Å². The molecular weight excluding hydrogens is 310 g/mol. The van der Waals surface area contributed by atoms with Crippen LogP contribution in [0.1, 0.15) is 18.4 Å². The van der Waals surface area contributed by atoms with E-state index in [-0.39, 0.29) is 11.9 Å². The van der Waals surface area contributed by atoms with Gasteiger partial charge in [0.25, 0.3) is 0 Å². The van der Waals surface area contributed by atoms with Crippen molar-refractivity contribution in [2.24, 2.45) is 5.73 Å². The van der Waals surface area contributed by atoms with E-state index in [2.05, 4.69) is 10.2 Å². The molecule has 7 heteroatoms. The lowest BCUT2D eigenvalue weighted by molar-refractivity contribution is -0.122. The van der Waals surface area contributed by atoms with E-state index in [0.717, 1.165) is 31.5 Å². The Balaban J connectivity index is 1.92. The summed E-state index contributed by atoms with van der Waals surface area (Å²) in [6.45, 7) is 2.55. The van der Waals surface area contributed by atoms with Gasteiger partial charge < -0.3 is 25.3 Å². The molecule has 0 radical (unpaired) electrons. The molecule has 1 aliphatic heterocycles. The number of carbonyl (C=O) groups excluding carboxylic acids is 1. The van der Waals surface area contributed by atoms with Crippen molar-refractivity contribution in [1.82, 2.24) is 10.2 Å². The highest BCUT2D eigenvalue weighted by atomic mass is 16.5. The zero-order chi connectivity index (χ0) is 17.5. The molecule has 24 heavy (non-hydrogen) atoms. The summed E-state index contributed by atoms with van der Waals surface area (Å²) in [6.07, 6.45) is 1.89. The number of nitrogens with one attached hydrogen (secondary N) is 1. The van der Waals surface area contributed by atoms with E-state index in [0.29, 0.717) is 30.3 Å². The Labute approximate surface area is 143 Å². The number of piperidine rings is 1. The van der Waals surface area contributed by atoms with Crippen molar-refractivity contribution in [3.63, 3.8) is 0 Å². The van der Waals surface area contributed by atoms with Crippen molar-refractivity contribution in [3.8, 4) is 17.2 Å². The van der Waals surface area contributed by atoms with E-state index in [9.17, 15) is 4.79 Å². The number of carbonyl (C=O) groups is 1. The predicted molar refractivity (Wildman–Crippen MR) is 91.6 cm³/mol. The summed E-state index contributed by atoms with van der Waals surface area (Å²) in [7, 11) is 4.70. The van der Waals surface area contributed by atoms with Gasteiger partial charge in [-0.25, -0.2) is 0 Å². The van der Waals surface area contributed by atoms with Gasteiger partial charge in [-0.1, -0.05) is 0 Å². The maximum atomic E-state index is 12.1. The smallest absolute Gasteiger partial charge is 0.234 e. The minimum atomic E-state index is -0.000719. The Morgan fingerprint density at radius 2 is 1.75 bits per heavy atom. The number of nitrogens with two attached hydrogens (primary N) is 1. The second-order valence-corrected chi connectivity index (χ2v) is 5.92. The van der Waals surface area contributed by atoms with Crippen LogP contribution in [0.2, 0.25) is 0 Å². The average molecular weight is 337 g/mol. The van der Waals surface area contributed by atoms with Crippen LogP contribution in [0, 0.1) is 0 Å². The van der Waals surface area contributed by atoms with Gasteiger partial charge in [-0.3, -0.25) is 9.69 Å². The van der Waals surface area contributed by atoms with Crippen LogP contribution in [0.4, 0.5) is 0 Å². The summed E-state index contributed by atoms with van der Waals surface area (Å²) in [6, 6.07) is 3.94. The quantitative estimate of drug-likeness (QED) is 0.764. The van der Waals surface area contributed by atoms with Crippen LogP contribution in [0.5, 0.6) is 17.2 Å². The molecule has 1 saturated heterocycles. The standard InChI is InChI=1S/C17H27N3O4/c1-22-14-8-12(9-15(23-2)17(14)24-3)10-19-16(21)11-20-6-4-13(18)5-7-20/h8-9,13H,4-7,10-11,18H2,1-3H3,(H,19,21). The average Bonchev–Trinajstić information content (AvgIpc) is 2.60. The maximum absolute atomic E-state index is 12.1. The largest absolute Gasteiger partial charge is 0.493 e. The molecule has 0 bridgehead atoms. The number of likely N-dealkylation sites (tertiary alicyclic amines) is 1. The van der Waals surface area contributed by atoms with Crippen molar-refractivity contribution in [2.45, 2.75) is 25.4 Å². The zero-order valence-electron chi connectivity index (χ0n) is 14.6. The maximum Gasteiger partial charge on any atom is 0.234 e. The SMILES string of the molecule is COc1cc(CNC(=O)CN2CCC(N)CC2)cc(OC)c1OC. The van der Waals surface area contributed by atoms with Gasteiger partial charge in [0.15, 0.2) is 11.5 Å². The van der Waals surface area contributed by atoms with Crippen LogP contribution in [0.25, 0.3) is 0 Å². The molecule has 0 atom stereocenters. The Morgan fingerprint density at radius 1 is 1.17 bits per heavy atom. The first-order chi connectivity index (χ1) is 11.6. The molecule has 0 aliphatic carbocycles. The van der Waals surface area contributed by atoms with Crippen molar-refractivity contribution in [3.05, 3.63) is 17.7 Å². The summed E-state index contributed by atoms with van der Waals surface area (Å²) in [5.74, 6) is 1.69. The third-order valence-corrected chi connectivity index (χ3v) is 4.21. The van der Waals surface area contributed by atoms with Gasteiger partial charge in [0.1, 0.15) is 0 Å². The van der Waals surface area contributed by atoms with E-state index >= 15 is 0 Å². The van der Waals surface area contributed by atoms with Gasteiger partial charge in [-0.05, 0) is 30.5 Å². The molecular formula is C17H27N3O4. The second kappa shape index (κ2) is 8.75. The highest BCUT2D eigenvalue weighted by Crippen LogP contribution is 2.38. The molecule has 1 aromatic rings. The Morgan fingerprint density at radius 3 is 2.25 bits per heavy atom. The number of methoxy groups -OCH3 is 3. The zero-order valence-corrected chi connectivity index (χ0v) is 14.6. The molecule has 1 heterocycles. The normalized spacial score (nSPS) is 15.8. The van der Waals surface area contributed by atoms with Crippen LogP contribution < -0.4 is 25.3 Å². The number of ether oxygens (including phenoxy) is 3. The first kappa shape index (κ1) is 18.4. The summed E-state index contributed by atoms with van der Waals surface area (Å²) < 4.78 is 15.9. The van der Waals surface area contributed by atoms with Crippen molar-refractivity contribution in [2.75, 3.05) is 41.0 Å². The van der Waals surface area contributed by atoms with Crippen LogP contribution in [-0.4, -0.2) is 57.8 Å². The number of hydrogen-bond acceptors (Lipinski definition) is 6. The van der Waals surface area contributed by atoms with Crippen molar-refractivity contribution in [1.29, 1.82) is 0 Å². The lowest BCUT2D eigenvalue weighted by Crippen LogP contribution is -2.44.